The molecule has 1 aliphatic heterocycles. The van der Waals surface area contributed by atoms with Crippen LogP contribution < -0.4 is 14.8 Å². The van der Waals surface area contributed by atoms with Crippen molar-refractivity contribution in [3.05, 3.63) is 53.6 Å². The van der Waals surface area contributed by atoms with Gasteiger partial charge >= 0.3 is 0 Å². The minimum Gasteiger partial charge on any atom is -0.495 e. The number of amides is 1. The van der Waals surface area contributed by atoms with Crippen LogP contribution in [0.1, 0.15) is 19.3 Å². The molecule has 1 fully saturated rings. The van der Waals surface area contributed by atoms with Gasteiger partial charge in [-0.25, -0.2) is 0 Å². The van der Waals surface area contributed by atoms with Crippen LogP contribution in [0, 0.1) is 5.92 Å². The molecular formula is C22H27ClN2O3. The molecule has 28 heavy (non-hydrogen) atoms. The number of methoxy groups -OCH3 is 1. The summed E-state index contributed by atoms with van der Waals surface area (Å²) in [5.74, 6) is 1.97. The predicted molar refractivity (Wildman–Crippen MR) is 112 cm³/mol. The Bertz CT molecular complexity index is 770. The Kier molecular flexibility index (Phi) is 7.57. The Hall–Kier alpha value is -2.24. The van der Waals surface area contributed by atoms with Crippen LogP contribution >= 0.6 is 11.6 Å². The molecule has 0 spiro atoms. The summed E-state index contributed by atoms with van der Waals surface area (Å²) in [5.41, 5.74) is 0.604. The molecule has 150 valence electrons. The monoisotopic (exact) mass is 402 g/mol. The van der Waals surface area contributed by atoms with Gasteiger partial charge in [-0.2, -0.15) is 0 Å². The van der Waals surface area contributed by atoms with Crippen molar-refractivity contribution in [1.29, 1.82) is 0 Å². The van der Waals surface area contributed by atoms with Crippen LogP contribution in [0.15, 0.2) is 48.5 Å². The maximum Gasteiger partial charge on any atom is 0.225 e. The van der Waals surface area contributed by atoms with Gasteiger partial charge in [-0.05, 0) is 49.7 Å². The van der Waals surface area contributed by atoms with Gasteiger partial charge in [-0.1, -0.05) is 29.8 Å². The molecule has 5 nitrogen and oxygen atoms in total. The molecule has 1 saturated heterocycles. The summed E-state index contributed by atoms with van der Waals surface area (Å²) < 4.78 is 11.2. The summed E-state index contributed by atoms with van der Waals surface area (Å²) in [6, 6.07) is 15.1. The number of nitrogens with zero attached hydrogens (tertiary/aromatic N) is 1. The van der Waals surface area contributed by atoms with E-state index in [1.165, 1.54) is 0 Å². The van der Waals surface area contributed by atoms with Crippen LogP contribution in [0.2, 0.25) is 5.02 Å². The molecular weight excluding hydrogens is 376 g/mol. The summed E-state index contributed by atoms with van der Waals surface area (Å²) in [6.07, 6.45) is 2.73. The third-order valence-corrected chi connectivity index (χ3v) is 5.16. The number of piperidine rings is 1. The molecule has 1 atom stereocenters. The number of hydrogen-bond acceptors (Lipinski definition) is 4. The second-order valence-electron chi connectivity index (χ2n) is 7.08. The molecule has 2 aromatic rings. The molecule has 1 aliphatic rings. The van der Waals surface area contributed by atoms with Gasteiger partial charge in [0.05, 0.1) is 19.4 Å². The van der Waals surface area contributed by atoms with Crippen molar-refractivity contribution in [3.63, 3.8) is 0 Å². The SMILES string of the molecule is COc1ccc(Cl)cc1NC(=O)CCN1CCCC(COc2ccccc2)C1. The fourth-order valence-electron chi connectivity index (χ4n) is 3.47. The lowest BCUT2D eigenvalue weighted by atomic mass is 9.99. The lowest BCUT2D eigenvalue weighted by Crippen LogP contribution is -2.39. The van der Waals surface area contributed by atoms with Crippen LogP contribution in [0.3, 0.4) is 0 Å². The standard InChI is InChI=1S/C22H27ClN2O3/c1-27-21-10-9-18(23)14-20(21)24-22(26)11-13-25-12-5-6-17(15-25)16-28-19-7-3-2-4-8-19/h2-4,7-10,14,17H,5-6,11-13,15-16H2,1H3,(H,24,26). The molecule has 6 heteroatoms. The van der Waals surface area contributed by atoms with Gasteiger partial charge < -0.3 is 19.7 Å². The van der Waals surface area contributed by atoms with Gasteiger partial charge in [0.15, 0.2) is 0 Å². The third kappa shape index (κ3) is 6.14. The second kappa shape index (κ2) is 10.3. The molecule has 1 N–H and O–H groups in total. The van der Waals surface area contributed by atoms with Gasteiger partial charge in [0.2, 0.25) is 5.91 Å². The molecule has 0 aliphatic carbocycles. The van der Waals surface area contributed by atoms with Gasteiger partial charge in [0.25, 0.3) is 0 Å². The number of halogens is 1. The fourth-order valence-corrected chi connectivity index (χ4v) is 3.64. The Morgan fingerprint density at radius 3 is 2.86 bits per heavy atom. The molecule has 3 rings (SSSR count). The first-order valence-corrected chi connectivity index (χ1v) is 10.1. The number of carbonyl (C=O) groups excluding carboxylic acids is 1. The lowest BCUT2D eigenvalue weighted by Gasteiger charge is -2.32. The van der Waals surface area contributed by atoms with E-state index in [1.54, 1.807) is 25.3 Å². The van der Waals surface area contributed by atoms with Gasteiger partial charge in [-0.15, -0.1) is 0 Å². The first kappa shape index (κ1) is 20.5. The highest BCUT2D eigenvalue weighted by Crippen LogP contribution is 2.27. The number of rotatable bonds is 8. The quantitative estimate of drug-likeness (QED) is 0.707. The number of ether oxygens (including phenoxy) is 2. The molecule has 1 unspecified atom stereocenters. The Morgan fingerprint density at radius 1 is 1.25 bits per heavy atom. The van der Waals surface area contributed by atoms with Crippen LogP contribution in [0.25, 0.3) is 0 Å². The number of hydrogen-bond donors (Lipinski definition) is 1. The van der Waals surface area contributed by atoms with E-state index >= 15 is 0 Å². The zero-order valence-electron chi connectivity index (χ0n) is 16.2. The average molecular weight is 403 g/mol. The molecule has 2 aromatic carbocycles. The van der Waals surface area contributed by atoms with Crippen molar-refractivity contribution >= 4 is 23.2 Å². The van der Waals surface area contributed by atoms with E-state index in [4.69, 9.17) is 21.1 Å². The number of para-hydroxylation sites is 1. The predicted octanol–water partition coefficient (Wildman–Crippen LogP) is 4.47. The van der Waals surface area contributed by atoms with Crippen molar-refractivity contribution in [2.24, 2.45) is 5.92 Å². The number of anilines is 1. The summed E-state index contributed by atoms with van der Waals surface area (Å²) in [6.45, 7) is 3.43. The largest absolute Gasteiger partial charge is 0.495 e. The normalized spacial score (nSPS) is 17.1. The number of nitrogens with one attached hydrogen (secondary N) is 1. The lowest BCUT2D eigenvalue weighted by molar-refractivity contribution is -0.116. The van der Waals surface area contributed by atoms with E-state index in [-0.39, 0.29) is 5.91 Å². The highest BCUT2D eigenvalue weighted by atomic mass is 35.5. The zero-order valence-corrected chi connectivity index (χ0v) is 17.0. The van der Waals surface area contributed by atoms with Crippen LogP contribution in [-0.2, 0) is 4.79 Å². The van der Waals surface area contributed by atoms with Crippen LogP contribution in [-0.4, -0.2) is 44.2 Å². The first-order valence-electron chi connectivity index (χ1n) is 9.67. The molecule has 1 amide bonds. The van der Waals surface area contributed by atoms with E-state index in [2.05, 4.69) is 10.2 Å². The van der Waals surface area contributed by atoms with Gasteiger partial charge in [0, 0.05) is 30.5 Å². The molecule has 0 bridgehead atoms. The maximum atomic E-state index is 12.4. The molecule has 0 saturated carbocycles. The van der Waals surface area contributed by atoms with E-state index in [1.807, 2.05) is 30.3 Å². The Morgan fingerprint density at radius 2 is 2.07 bits per heavy atom. The van der Waals surface area contributed by atoms with E-state index < -0.39 is 0 Å². The molecule has 0 aromatic heterocycles. The molecule has 1 heterocycles. The minimum absolute atomic E-state index is 0.0387. The zero-order chi connectivity index (χ0) is 19.8. The van der Waals surface area contributed by atoms with Crippen molar-refractivity contribution in [1.82, 2.24) is 4.90 Å². The van der Waals surface area contributed by atoms with Crippen molar-refractivity contribution in [2.75, 3.05) is 38.7 Å². The van der Waals surface area contributed by atoms with E-state index in [0.717, 1.165) is 38.2 Å². The highest BCUT2D eigenvalue weighted by Gasteiger charge is 2.21. The van der Waals surface area contributed by atoms with Gasteiger partial charge in [0.1, 0.15) is 11.5 Å². The number of benzene rings is 2. The van der Waals surface area contributed by atoms with Crippen molar-refractivity contribution in [2.45, 2.75) is 19.3 Å². The van der Waals surface area contributed by atoms with Crippen LogP contribution in [0.5, 0.6) is 11.5 Å². The topological polar surface area (TPSA) is 50.8 Å². The smallest absolute Gasteiger partial charge is 0.225 e. The Balaban J connectivity index is 1.44. The van der Waals surface area contributed by atoms with Crippen molar-refractivity contribution in [3.8, 4) is 11.5 Å². The minimum atomic E-state index is -0.0387. The summed E-state index contributed by atoms with van der Waals surface area (Å²) in [5, 5.41) is 3.46. The van der Waals surface area contributed by atoms with Crippen molar-refractivity contribution < 1.29 is 14.3 Å². The van der Waals surface area contributed by atoms with Gasteiger partial charge in [-0.3, -0.25) is 4.79 Å². The van der Waals surface area contributed by atoms with E-state index in [0.29, 0.717) is 35.4 Å². The Labute approximate surface area is 171 Å². The number of carbonyl (C=O) groups is 1. The first-order chi connectivity index (χ1) is 13.6. The van der Waals surface area contributed by atoms with Crippen LogP contribution in [0.4, 0.5) is 5.69 Å². The maximum absolute atomic E-state index is 12.4. The summed E-state index contributed by atoms with van der Waals surface area (Å²) >= 11 is 6.02. The fraction of sp³-hybridized carbons (Fsp3) is 0.409. The average Bonchev–Trinajstić information content (AvgIpc) is 2.72. The number of likely N-dealkylation sites (tertiary alicyclic amines) is 1. The molecule has 0 radical (unpaired) electrons. The summed E-state index contributed by atoms with van der Waals surface area (Å²) in [7, 11) is 1.57. The third-order valence-electron chi connectivity index (χ3n) is 4.92. The summed E-state index contributed by atoms with van der Waals surface area (Å²) in [4.78, 5) is 14.7. The van der Waals surface area contributed by atoms with E-state index in [9.17, 15) is 4.79 Å². The highest BCUT2D eigenvalue weighted by molar-refractivity contribution is 6.31. The second-order valence-corrected chi connectivity index (χ2v) is 7.51.